The van der Waals surface area contributed by atoms with Crippen LogP contribution in [0, 0.1) is 0 Å². The second kappa shape index (κ2) is 3.73. The van der Waals surface area contributed by atoms with Gasteiger partial charge in [-0.1, -0.05) is 36.4 Å². The topological polar surface area (TPSA) is 27.6 Å². The summed E-state index contributed by atoms with van der Waals surface area (Å²) in [5.41, 5.74) is 5.44. The zero-order valence-corrected chi connectivity index (χ0v) is 8.13. The monoisotopic (exact) mass is 190 g/mol. The Morgan fingerprint density at radius 2 is 1.77 bits per heavy atom. The van der Waals surface area contributed by atoms with E-state index in [-0.39, 0.29) is 6.04 Å². The van der Waals surface area contributed by atoms with Gasteiger partial charge in [0.25, 0.3) is 0 Å². The highest BCUT2D eigenvalue weighted by Crippen LogP contribution is 2.21. The van der Waals surface area contributed by atoms with Gasteiger partial charge in [-0.2, -0.15) is 0 Å². The lowest BCUT2D eigenvalue weighted by Crippen LogP contribution is -2.53. The van der Waals surface area contributed by atoms with Crippen LogP contribution in [0.25, 0.3) is 0 Å². The van der Waals surface area contributed by atoms with E-state index >= 15 is 0 Å². The highest BCUT2D eigenvalue weighted by molar-refractivity contribution is 7.10. The van der Waals surface area contributed by atoms with E-state index in [1.54, 1.807) is 11.3 Å². The summed E-state index contributed by atoms with van der Waals surface area (Å²) in [7, 11) is 0. The van der Waals surface area contributed by atoms with Crippen molar-refractivity contribution in [3.8, 4) is 0 Å². The molecule has 1 heterocycles. The molecule has 2 heteroatoms. The Morgan fingerprint density at radius 3 is 2.38 bits per heavy atom. The van der Waals surface area contributed by atoms with Gasteiger partial charge in [-0.3, -0.25) is 0 Å². The third kappa shape index (κ3) is 1.79. The molecule has 2 aromatic rings. The first kappa shape index (κ1) is 8.48. The van der Waals surface area contributed by atoms with Crippen LogP contribution >= 0.6 is 11.3 Å². The van der Waals surface area contributed by atoms with Crippen molar-refractivity contribution in [3.05, 3.63) is 58.3 Å². The van der Waals surface area contributed by atoms with Crippen molar-refractivity contribution >= 4 is 11.3 Å². The third-order valence-electron chi connectivity index (χ3n) is 2.09. The molecule has 66 valence electrons. The molecule has 0 aliphatic carbocycles. The van der Waals surface area contributed by atoms with Crippen LogP contribution in [0.1, 0.15) is 16.5 Å². The zero-order valence-electron chi connectivity index (χ0n) is 7.31. The average molecular weight is 190 g/mol. The molecule has 0 amide bonds. The van der Waals surface area contributed by atoms with E-state index < -0.39 is 0 Å². The van der Waals surface area contributed by atoms with Gasteiger partial charge in [0.15, 0.2) is 0 Å². The van der Waals surface area contributed by atoms with Crippen LogP contribution in [0.4, 0.5) is 0 Å². The number of quaternary nitrogens is 1. The normalized spacial score (nSPS) is 12.7. The average Bonchev–Trinajstić information content (AvgIpc) is 2.71. The van der Waals surface area contributed by atoms with Crippen molar-refractivity contribution in [1.29, 1.82) is 0 Å². The van der Waals surface area contributed by atoms with Gasteiger partial charge in [0.2, 0.25) is 0 Å². The van der Waals surface area contributed by atoms with E-state index in [2.05, 4.69) is 47.5 Å². The van der Waals surface area contributed by atoms with Crippen LogP contribution in [0.3, 0.4) is 0 Å². The summed E-state index contributed by atoms with van der Waals surface area (Å²) in [6, 6.07) is 14.9. The predicted molar refractivity (Wildman–Crippen MR) is 55.5 cm³/mol. The Labute approximate surface area is 81.8 Å². The van der Waals surface area contributed by atoms with Crippen molar-refractivity contribution in [2.45, 2.75) is 6.04 Å². The van der Waals surface area contributed by atoms with Gasteiger partial charge < -0.3 is 5.73 Å². The van der Waals surface area contributed by atoms with E-state index in [1.165, 1.54) is 10.4 Å². The first-order chi connectivity index (χ1) is 6.38. The number of thiophene rings is 1. The van der Waals surface area contributed by atoms with Crippen molar-refractivity contribution in [3.63, 3.8) is 0 Å². The molecule has 0 saturated heterocycles. The van der Waals surface area contributed by atoms with Crippen LogP contribution in [-0.2, 0) is 0 Å². The largest absolute Gasteiger partial charge is 0.347 e. The smallest absolute Gasteiger partial charge is 0.145 e. The molecule has 0 fully saturated rings. The van der Waals surface area contributed by atoms with Crippen molar-refractivity contribution in [2.24, 2.45) is 0 Å². The van der Waals surface area contributed by atoms with Gasteiger partial charge >= 0.3 is 0 Å². The summed E-state index contributed by atoms with van der Waals surface area (Å²) < 4.78 is 0. The van der Waals surface area contributed by atoms with Gasteiger partial charge in [-0.05, 0) is 11.4 Å². The molecule has 0 saturated carbocycles. The molecule has 1 atom stereocenters. The molecule has 0 radical (unpaired) electrons. The molecule has 3 N–H and O–H groups in total. The number of hydrogen-bond acceptors (Lipinski definition) is 1. The summed E-state index contributed by atoms with van der Waals surface area (Å²) in [4.78, 5) is 1.33. The lowest BCUT2D eigenvalue weighted by atomic mass is 10.1. The Kier molecular flexibility index (Phi) is 2.43. The Hall–Kier alpha value is -1.12. The molecule has 1 aromatic heterocycles. The van der Waals surface area contributed by atoms with Crippen molar-refractivity contribution in [1.82, 2.24) is 0 Å². The Bertz CT molecular complexity index is 353. The van der Waals surface area contributed by atoms with E-state index in [0.717, 1.165) is 0 Å². The van der Waals surface area contributed by atoms with Crippen molar-refractivity contribution in [2.75, 3.05) is 0 Å². The standard InChI is InChI=1S/C11H11NS/c12-11(10-7-4-8-13-10)9-5-2-1-3-6-9/h1-8,11H,12H2/p+1/t11-/m1/s1. The first-order valence-electron chi connectivity index (χ1n) is 4.29. The van der Waals surface area contributed by atoms with E-state index in [0.29, 0.717) is 0 Å². The fourth-order valence-corrected chi connectivity index (χ4v) is 2.11. The molecular weight excluding hydrogens is 178 g/mol. The minimum atomic E-state index is 0.279. The summed E-state index contributed by atoms with van der Waals surface area (Å²) in [6.07, 6.45) is 0. The van der Waals surface area contributed by atoms with Gasteiger partial charge in [0.05, 0.1) is 4.88 Å². The van der Waals surface area contributed by atoms with Gasteiger partial charge in [0.1, 0.15) is 6.04 Å². The second-order valence-corrected chi connectivity index (χ2v) is 3.96. The molecule has 0 unspecified atom stereocenters. The molecule has 13 heavy (non-hydrogen) atoms. The van der Waals surface area contributed by atoms with Crippen LogP contribution in [0.15, 0.2) is 47.8 Å². The summed E-state index contributed by atoms with van der Waals surface area (Å²) in [5, 5.41) is 2.09. The van der Waals surface area contributed by atoms with Crippen LogP contribution in [0.5, 0.6) is 0 Å². The fraction of sp³-hybridized carbons (Fsp3) is 0.0909. The maximum atomic E-state index is 4.16. The molecule has 1 aromatic carbocycles. The number of benzene rings is 1. The molecule has 0 bridgehead atoms. The van der Waals surface area contributed by atoms with Crippen molar-refractivity contribution < 1.29 is 5.73 Å². The quantitative estimate of drug-likeness (QED) is 0.751. The Balaban J connectivity index is 2.29. The second-order valence-electron chi connectivity index (χ2n) is 2.98. The minimum Gasteiger partial charge on any atom is -0.347 e. The predicted octanol–water partition coefficient (Wildman–Crippen LogP) is 2.08. The molecule has 2 rings (SSSR count). The lowest BCUT2D eigenvalue weighted by molar-refractivity contribution is -0.410. The maximum Gasteiger partial charge on any atom is 0.145 e. The molecular formula is C11H12NS+. The highest BCUT2D eigenvalue weighted by Gasteiger charge is 2.11. The molecule has 0 aliphatic heterocycles. The van der Waals surface area contributed by atoms with E-state index in [4.69, 9.17) is 0 Å². The van der Waals surface area contributed by atoms with Crippen LogP contribution in [-0.4, -0.2) is 0 Å². The molecule has 0 spiro atoms. The van der Waals surface area contributed by atoms with Crippen LogP contribution < -0.4 is 5.73 Å². The molecule has 1 nitrogen and oxygen atoms in total. The highest BCUT2D eigenvalue weighted by atomic mass is 32.1. The number of rotatable bonds is 2. The minimum absolute atomic E-state index is 0.279. The van der Waals surface area contributed by atoms with Gasteiger partial charge in [-0.15, -0.1) is 11.3 Å². The van der Waals surface area contributed by atoms with Gasteiger partial charge in [-0.25, -0.2) is 0 Å². The Morgan fingerprint density at radius 1 is 1.00 bits per heavy atom. The van der Waals surface area contributed by atoms with E-state index in [1.807, 2.05) is 6.07 Å². The SMILES string of the molecule is [NH3+][C@H](c1ccccc1)c1cccs1. The lowest BCUT2D eigenvalue weighted by Gasteiger charge is -2.05. The maximum absolute atomic E-state index is 4.16. The van der Waals surface area contributed by atoms with Gasteiger partial charge in [0, 0.05) is 5.56 Å². The fourth-order valence-electron chi connectivity index (χ4n) is 1.34. The van der Waals surface area contributed by atoms with Crippen LogP contribution in [0.2, 0.25) is 0 Å². The summed E-state index contributed by atoms with van der Waals surface area (Å²) in [5.74, 6) is 0. The third-order valence-corrected chi connectivity index (χ3v) is 3.07. The first-order valence-corrected chi connectivity index (χ1v) is 5.17. The molecule has 0 aliphatic rings. The summed E-state index contributed by atoms with van der Waals surface area (Å²) in [6.45, 7) is 0. The zero-order chi connectivity index (χ0) is 9.10. The number of hydrogen-bond donors (Lipinski definition) is 1. The van der Waals surface area contributed by atoms with E-state index in [9.17, 15) is 0 Å². The summed E-state index contributed by atoms with van der Waals surface area (Å²) >= 11 is 1.76.